The number of benzene rings is 4. The lowest BCUT2D eigenvalue weighted by atomic mass is 10.0. The molecule has 0 aliphatic carbocycles. The molecule has 6 heterocycles. The van der Waals surface area contributed by atoms with Crippen molar-refractivity contribution >= 4 is 110 Å². The van der Waals surface area contributed by atoms with E-state index in [9.17, 15) is 70.9 Å². The van der Waals surface area contributed by atoms with Crippen molar-refractivity contribution in [1.82, 2.24) is 14.8 Å². The summed E-state index contributed by atoms with van der Waals surface area (Å²) in [5.74, 6) is -6.25. The number of nitrogens with two attached hydrogens (primary N) is 1. The van der Waals surface area contributed by atoms with Gasteiger partial charge in [-0.25, -0.2) is 17.6 Å². The van der Waals surface area contributed by atoms with Crippen LogP contribution < -0.4 is 43.0 Å². The first-order valence-corrected chi connectivity index (χ1v) is 28.4. The van der Waals surface area contributed by atoms with E-state index in [0.717, 1.165) is 37.3 Å². The number of esters is 1. The molecule has 0 saturated carbocycles. The van der Waals surface area contributed by atoms with E-state index in [2.05, 4.69) is 60.9 Å². The number of aryl methyl sites for hydroxylation is 1. The fourth-order valence-corrected chi connectivity index (χ4v) is 9.79. The number of amides is 8. The fourth-order valence-electron chi connectivity index (χ4n) is 9.79. The van der Waals surface area contributed by atoms with E-state index >= 15 is 0 Å². The van der Waals surface area contributed by atoms with Gasteiger partial charge in [0.2, 0.25) is 17.7 Å². The molecule has 0 unspecified atom stereocenters. The molecule has 23 nitrogen and oxygen atoms in total. The lowest BCUT2D eigenvalue weighted by molar-refractivity contribution is -0.160. The summed E-state index contributed by atoms with van der Waals surface area (Å²) in [5.41, 5.74) is 7.51. The molecule has 10 rings (SSSR count). The van der Waals surface area contributed by atoms with Crippen LogP contribution in [0, 0.1) is 30.2 Å². The first kappa shape index (κ1) is 67.0. The number of halogens is 4. The van der Waals surface area contributed by atoms with Crippen LogP contribution in [-0.4, -0.2) is 128 Å². The van der Waals surface area contributed by atoms with Crippen molar-refractivity contribution in [1.29, 1.82) is 0 Å². The van der Waals surface area contributed by atoms with Gasteiger partial charge in [0, 0.05) is 60.6 Å². The van der Waals surface area contributed by atoms with E-state index in [-0.39, 0.29) is 71.2 Å². The average molecular weight is 1240 g/mol. The summed E-state index contributed by atoms with van der Waals surface area (Å²) in [5, 5.41) is 36.7. The third-order valence-corrected chi connectivity index (χ3v) is 14.8. The lowest BCUT2D eigenvalue weighted by Crippen LogP contribution is -2.41. The zero-order valence-electron chi connectivity index (χ0n) is 50.7. The quantitative estimate of drug-likeness (QED) is 0.0247. The van der Waals surface area contributed by atoms with E-state index in [1.54, 1.807) is 6.08 Å². The Morgan fingerprint density at radius 1 is 0.663 bits per heavy atom. The number of hydrogen-bond donors (Lipinski definition) is 11. The predicted octanol–water partition coefficient (Wildman–Crippen LogP) is 6.93. The number of H-pyrrole nitrogens is 1. The van der Waals surface area contributed by atoms with Crippen molar-refractivity contribution in [2.24, 2.45) is 0 Å². The predicted molar refractivity (Wildman–Crippen MR) is 325 cm³/mol. The number of hydrogen-bond acceptors (Lipinski definition) is 14. The van der Waals surface area contributed by atoms with E-state index in [4.69, 9.17) is 10.5 Å². The second kappa shape index (κ2) is 26.9. The first-order chi connectivity index (χ1) is 41.6. The Bertz CT molecular complexity index is 3720. The van der Waals surface area contributed by atoms with Crippen LogP contribution in [0.1, 0.15) is 118 Å². The number of fused-ring (bicyclic) bond motifs is 5. The smallest absolute Gasteiger partial charge is 0.303 e. The van der Waals surface area contributed by atoms with Crippen LogP contribution in [0.3, 0.4) is 0 Å². The molecule has 89 heavy (non-hydrogen) atoms. The van der Waals surface area contributed by atoms with Crippen LogP contribution in [-0.2, 0) is 68.8 Å². The number of nitrogens with zero attached hydrogens (tertiary/aromatic N) is 2. The Kier molecular flexibility index (Phi) is 20.2. The maximum absolute atomic E-state index is 14.9. The van der Waals surface area contributed by atoms with Crippen LogP contribution >= 0.6 is 0 Å². The fraction of sp³-hybridized carbons (Fsp3) is 0.371. The molecule has 0 radical (unpaired) electrons. The van der Waals surface area contributed by atoms with Crippen molar-refractivity contribution in [2.45, 2.75) is 118 Å². The minimum atomic E-state index is -1.69. The monoisotopic (exact) mass is 1240 g/mol. The summed E-state index contributed by atoms with van der Waals surface area (Å²) in [6.07, 6.45) is 3.68. The molecule has 0 atom stereocenters. The molecule has 0 fully saturated rings. The van der Waals surface area contributed by atoms with Gasteiger partial charge < -0.3 is 72.7 Å². The largest absolute Gasteiger partial charge is 0.450 e. The number of carbonyl (C=O) groups excluding carboxylic acids is 9. The summed E-state index contributed by atoms with van der Waals surface area (Å²) in [7, 11) is 0. The molecule has 27 heteroatoms. The molecule has 4 aromatic carbocycles. The van der Waals surface area contributed by atoms with Crippen LogP contribution in [0.2, 0.25) is 0 Å². The number of aromatic nitrogens is 1. The number of carbonyl (C=O) groups is 9. The van der Waals surface area contributed by atoms with Crippen molar-refractivity contribution in [3.05, 3.63) is 117 Å². The molecule has 12 N–H and O–H groups in total. The van der Waals surface area contributed by atoms with Gasteiger partial charge >= 0.3 is 5.97 Å². The summed E-state index contributed by atoms with van der Waals surface area (Å²) in [4.78, 5) is 114. The zero-order chi connectivity index (χ0) is 65.8. The van der Waals surface area contributed by atoms with E-state index in [1.807, 2.05) is 11.8 Å². The minimum absolute atomic E-state index is 0.0161. The van der Waals surface area contributed by atoms with Gasteiger partial charge in [-0.15, -0.1) is 0 Å². The van der Waals surface area contributed by atoms with E-state index in [1.165, 1.54) is 97.0 Å². The molecule has 8 amide bonds. The number of nitrogen functional groups attached to an aromatic ring is 1. The van der Waals surface area contributed by atoms with E-state index in [0.29, 0.717) is 75.8 Å². The minimum Gasteiger partial charge on any atom is -0.450 e. The number of anilines is 8. The lowest BCUT2D eigenvalue weighted by Gasteiger charge is -2.25. The summed E-state index contributed by atoms with van der Waals surface area (Å²) < 4.78 is 60.2. The number of aliphatic hydroxyl groups is 2. The Morgan fingerprint density at radius 3 is 1.58 bits per heavy atom. The van der Waals surface area contributed by atoms with Gasteiger partial charge in [-0.3, -0.25) is 43.2 Å². The molecule has 474 valence electrons. The van der Waals surface area contributed by atoms with E-state index < -0.39 is 69.7 Å². The number of rotatable bonds is 13. The maximum atomic E-state index is 14.9. The highest BCUT2D eigenvalue weighted by Gasteiger charge is 2.35. The molecule has 5 aromatic rings. The Labute approximate surface area is 509 Å². The summed E-state index contributed by atoms with van der Waals surface area (Å²) in [6.45, 7) is 19.3. The standard InChI is InChI=1S/C28H36FN5O4.C14H15FN2O4.C12H13FN2O3.C8H7FN2O/c1-6-33(7-2)11-12-34-10-8-9-20-24(26(34)36)16(3)21(30-20)14-18-17-13-19(29)23(15-22(17)31-25(18)35)32-27(37)28(4,5)38;1-7(18)21-14(2,3)13(20)17-11-6-10-8(4-9(11)15)5-12(19)16-10;1-12(2,18)11(17)15-9-5-8-6(3-7(9)13)4-10(16)14-8;9-5-1-4-2-8(12)11-7(4)3-6(5)10/h13-15,30,38H,6-12H2,1-5H3,(H,31,35)(H,32,37);4,6H,5H2,1-3H3,(H,16,19)(H,17,20);3,5,18H,4H2,1-2H3,(H,14,16)(H,15,17);1,3H,2,10H2,(H,11,12)/b18-14-;;;. The third kappa shape index (κ3) is 16.2. The van der Waals surface area contributed by atoms with Crippen LogP contribution in [0.5, 0.6) is 0 Å². The molecule has 0 saturated heterocycles. The Hall–Kier alpha value is -9.47. The zero-order valence-corrected chi connectivity index (χ0v) is 50.7. The van der Waals surface area contributed by atoms with Gasteiger partial charge in [-0.05, 0) is 151 Å². The average Bonchev–Trinajstić information content (AvgIpc) is 2.03. The second-order valence-electron chi connectivity index (χ2n) is 23.1. The van der Waals surface area contributed by atoms with Crippen molar-refractivity contribution in [3.8, 4) is 0 Å². The Balaban J connectivity index is 0.000000186. The molecular formula is C62H71F4N11O12. The number of aromatic amines is 1. The van der Waals surface area contributed by atoms with Gasteiger partial charge in [0.05, 0.1) is 58.8 Å². The highest BCUT2D eigenvalue weighted by atomic mass is 19.1. The van der Waals surface area contributed by atoms with Gasteiger partial charge in [0.1, 0.15) is 34.5 Å². The number of likely N-dealkylation sites (N-methyl/N-ethyl adjacent to an activating group) is 1. The number of ether oxygens (including phenoxy) is 1. The van der Waals surface area contributed by atoms with Crippen LogP contribution in [0.25, 0.3) is 11.6 Å². The summed E-state index contributed by atoms with van der Waals surface area (Å²) >= 11 is 0. The van der Waals surface area contributed by atoms with Gasteiger partial charge in [0.15, 0.2) is 5.60 Å². The highest BCUT2D eigenvalue weighted by molar-refractivity contribution is 6.35. The summed E-state index contributed by atoms with van der Waals surface area (Å²) in [6, 6.07) is 10.3. The SMILES string of the molecule is CC(=O)OC(C)(C)C(=O)Nc1cc2c(cc1F)CC(=O)N2.CC(C)(O)C(=O)Nc1cc2c(cc1F)CC(=O)N2.CCN(CC)CCN1CCCc2[nH]c(/C=C3\C(=O)Nc4cc(NC(=O)C(C)(C)O)c(F)cc43)c(C)c2C1=O.Nc1cc2c(cc1F)CC(=O)N2. The first-order valence-electron chi connectivity index (χ1n) is 28.4. The topological polar surface area (TPSA) is 336 Å². The maximum Gasteiger partial charge on any atom is 0.303 e. The molecular weight excluding hydrogens is 1170 g/mol. The van der Waals surface area contributed by atoms with Crippen molar-refractivity contribution < 1.29 is 75.7 Å². The third-order valence-electron chi connectivity index (χ3n) is 14.8. The van der Waals surface area contributed by atoms with Gasteiger partial charge in [-0.1, -0.05) is 13.8 Å². The van der Waals surface area contributed by atoms with Crippen molar-refractivity contribution in [3.63, 3.8) is 0 Å². The normalized spacial score (nSPS) is 15.0. The molecule has 5 aliphatic heterocycles. The molecule has 5 aliphatic rings. The van der Waals surface area contributed by atoms with Crippen molar-refractivity contribution in [2.75, 3.05) is 75.7 Å². The highest BCUT2D eigenvalue weighted by Crippen LogP contribution is 2.39. The molecule has 0 bridgehead atoms. The van der Waals surface area contributed by atoms with Crippen LogP contribution in [0.4, 0.5) is 63.1 Å². The second-order valence-corrected chi connectivity index (χ2v) is 23.1. The van der Waals surface area contributed by atoms with Gasteiger partial charge in [0.25, 0.3) is 29.5 Å². The molecule has 1 aromatic heterocycles. The number of nitrogens with one attached hydrogen (secondary N) is 8. The Morgan fingerprint density at radius 2 is 1.11 bits per heavy atom. The molecule has 0 spiro atoms. The van der Waals surface area contributed by atoms with Crippen LogP contribution in [0.15, 0.2) is 48.5 Å². The van der Waals surface area contributed by atoms with Gasteiger partial charge in [-0.2, -0.15) is 0 Å².